The highest BCUT2D eigenvalue weighted by Gasteiger charge is 2.35. The van der Waals surface area contributed by atoms with E-state index in [0.29, 0.717) is 24.3 Å². The van der Waals surface area contributed by atoms with Gasteiger partial charge in [-0.25, -0.2) is 4.79 Å². The Morgan fingerprint density at radius 2 is 1.78 bits per heavy atom. The van der Waals surface area contributed by atoms with Crippen LogP contribution in [0.3, 0.4) is 0 Å². The Balaban J connectivity index is 2.00. The fourth-order valence-electron chi connectivity index (χ4n) is 2.24. The molecule has 1 fully saturated rings. The number of piperazine rings is 1. The van der Waals surface area contributed by atoms with Gasteiger partial charge in [0.05, 0.1) is 6.42 Å². The monoisotopic (exact) mass is 319 g/mol. The van der Waals surface area contributed by atoms with Crippen LogP contribution >= 0.6 is 0 Å². The number of hydrogen-bond acceptors (Lipinski definition) is 4. The number of carboxylic acid groups (broad SMARTS) is 1. The number of rotatable bonds is 4. The topological polar surface area (TPSA) is 107 Å². The molecule has 2 N–H and O–H groups in total. The van der Waals surface area contributed by atoms with E-state index in [2.05, 4.69) is 5.32 Å². The first-order valence-electron chi connectivity index (χ1n) is 7.15. The van der Waals surface area contributed by atoms with E-state index in [4.69, 9.17) is 5.11 Å². The first-order chi connectivity index (χ1) is 10.9. The minimum Gasteiger partial charge on any atom is -0.481 e. The number of anilines is 1. The standard InChI is InChI=1S/C15H17N3O5/c1-2-17-7-8-18(14(22)13(17)21)15(23)16-11-5-3-10(4-6-11)9-12(19)20/h3-6H,2,7-9H2,1H3,(H,16,23)(H,19,20). The summed E-state index contributed by atoms with van der Waals surface area (Å²) in [7, 11) is 0. The van der Waals surface area contributed by atoms with Crippen LogP contribution in [-0.2, 0) is 20.8 Å². The van der Waals surface area contributed by atoms with Gasteiger partial charge in [0, 0.05) is 25.3 Å². The van der Waals surface area contributed by atoms with Gasteiger partial charge >= 0.3 is 23.8 Å². The minimum absolute atomic E-state index is 0.111. The highest BCUT2D eigenvalue weighted by atomic mass is 16.4. The second kappa shape index (κ2) is 6.91. The summed E-state index contributed by atoms with van der Waals surface area (Å²) < 4.78 is 0. The quantitative estimate of drug-likeness (QED) is 0.788. The zero-order valence-electron chi connectivity index (χ0n) is 12.6. The van der Waals surface area contributed by atoms with Crippen molar-refractivity contribution in [1.29, 1.82) is 0 Å². The summed E-state index contributed by atoms with van der Waals surface area (Å²) >= 11 is 0. The van der Waals surface area contributed by atoms with E-state index in [1.807, 2.05) is 0 Å². The number of likely N-dealkylation sites (N-methyl/N-ethyl adjacent to an activating group) is 1. The van der Waals surface area contributed by atoms with Crippen molar-refractivity contribution in [1.82, 2.24) is 9.80 Å². The minimum atomic E-state index is -0.945. The fourth-order valence-corrected chi connectivity index (χ4v) is 2.24. The van der Waals surface area contributed by atoms with Crippen molar-refractivity contribution >= 4 is 29.5 Å². The van der Waals surface area contributed by atoms with Gasteiger partial charge in [0.1, 0.15) is 0 Å². The molecule has 122 valence electrons. The van der Waals surface area contributed by atoms with Gasteiger partial charge in [-0.15, -0.1) is 0 Å². The van der Waals surface area contributed by atoms with Crippen molar-refractivity contribution in [2.45, 2.75) is 13.3 Å². The lowest BCUT2D eigenvalue weighted by molar-refractivity contribution is -0.153. The molecule has 8 nitrogen and oxygen atoms in total. The summed E-state index contributed by atoms with van der Waals surface area (Å²) in [6, 6.07) is 5.57. The van der Waals surface area contributed by atoms with Crippen molar-refractivity contribution in [2.75, 3.05) is 25.0 Å². The van der Waals surface area contributed by atoms with Crippen molar-refractivity contribution < 1.29 is 24.3 Å². The molecule has 1 aliphatic rings. The Bertz CT molecular complexity index is 641. The molecule has 1 aromatic rings. The Morgan fingerprint density at radius 3 is 2.35 bits per heavy atom. The summed E-state index contributed by atoms with van der Waals surface area (Å²) in [4.78, 5) is 48.7. The SMILES string of the molecule is CCN1CCN(C(=O)Nc2ccc(CC(=O)O)cc2)C(=O)C1=O. The smallest absolute Gasteiger partial charge is 0.329 e. The van der Waals surface area contributed by atoms with E-state index in [1.165, 1.54) is 4.90 Å². The Labute approximate surface area is 132 Å². The van der Waals surface area contributed by atoms with Crippen LogP contribution in [-0.4, -0.2) is 58.4 Å². The third-order valence-electron chi connectivity index (χ3n) is 3.50. The molecule has 2 rings (SSSR count). The lowest BCUT2D eigenvalue weighted by atomic mass is 10.1. The number of carboxylic acids is 1. The summed E-state index contributed by atoms with van der Waals surface area (Å²) in [5.41, 5.74) is 1.01. The second-order valence-corrected chi connectivity index (χ2v) is 5.04. The van der Waals surface area contributed by atoms with Gasteiger partial charge in [-0.2, -0.15) is 0 Å². The molecule has 0 saturated carbocycles. The number of aliphatic carboxylic acids is 1. The normalized spacial score (nSPS) is 14.8. The van der Waals surface area contributed by atoms with E-state index in [1.54, 1.807) is 31.2 Å². The molecule has 1 aromatic carbocycles. The maximum Gasteiger partial charge on any atom is 0.329 e. The Kier molecular flexibility index (Phi) is 4.95. The number of hydrogen-bond donors (Lipinski definition) is 2. The van der Waals surface area contributed by atoms with E-state index < -0.39 is 23.8 Å². The number of benzene rings is 1. The average Bonchev–Trinajstić information content (AvgIpc) is 2.51. The van der Waals surface area contributed by atoms with Gasteiger partial charge in [-0.05, 0) is 24.6 Å². The number of amides is 4. The van der Waals surface area contributed by atoms with Gasteiger partial charge < -0.3 is 15.3 Å². The zero-order chi connectivity index (χ0) is 17.0. The van der Waals surface area contributed by atoms with Crippen LogP contribution in [0.4, 0.5) is 10.5 Å². The second-order valence-electron chi connectivity index (χ2n) is 5.04. The predicted octanol–water partition coefficient (Wildman–Crippen LogP) is 0.536. The van der Waals surface area contributed by atoms with Crippen LogP contribution in [0.25, 0.3) is 0 Å². The van der Waals surface area contributed by atoms with Crippen molar-refractivity contribution in [3.05, 3.63) is 29.8 Å². The predicted molar refractivity (Wildman–Crippen MR) is 80.8 cm³/mol. The van der Waals surface area contributed by atoms with Gasteiger partial charge in [0.15, 0.2) is 0 Å². The first kappa shape index (κ1) is 16.5. The number of nitrogens with zero attached hydrogens (tertiary/aromatic N) is 2. The number of imide groups is 1. The van der Waals surface area contributed by atoms with Crippen LogP contribution < -0.4 is 5.32 Å². The van der Waals surface area contributed by atoms with Crippen LogP contribution in [0.1, 0.15) is 12.5 Å². The number of carbonyl (C=O) groups excluding carboxylic acids is 3. The van der Waals surface area contributed by atoms with E-state index >= 15 is 0 Å². The van der Waals surface area contributed by atoms with Gasteiger partial charge in [0.2, 0.25) is 0 Å². The lowest BCUT2D eigenvalue weighted by Gasteiger charge is -2.31. The molecule has 0 unspecified atom stereocenters. The molecule has 0 atom stereocenters. The molecule has 0 aliphatic carbocycles. The van der Waals surface area contributed by atoms with E-state index in [0.717, 1.165) is 4.90 Å². The summed E-state index contributed by atoms with van der Waals surface area (Å²) in [5, 5.41) is 11.2. The van der Waals surface area contributed by atoms with E-state index in [9.17, 15) is 19.2 Å². The maximum atomic E-state index is 12.1. The summed E-state index contributed by atoms with van der Waals surface area (Å²) in [6.07, 6.45) is -0.111. The highest BCUT2D eigenvalue weighted by Crippen LogP contribution is 2.13. The third-order valence-corrected chi connectivity index (χ3v) is 3.50. The lowest BCUT2D eigenvalue weighted by Crippen LogP contribution is -2.56. The van der Waals surface area contributed by atoms with E-state index in [-0.39, 0.29) is 13.0 Å². The molecular weight excluding hydrogens is 302 g/mol. The zero-order valence-corrected chi connectivity index (χ0v) is 12.6. The molecule has 1 saturated heterocycles. The molecule has 0 radical (unpaired) electrons. The number of nitrogens with one attached hydrogen (secondary N) is 1. The summed E-state index contributed by atoms with van der Waals surface area (Å²) in [5.74, 6) is -2.48. The third kappa shape index (κ3) is 3.85. The van der Waals surface area contributed by atoms with Crippen LogP contribution in [0.2, 0.25) is 0 Å². The summed E-state index contributed by atoms with van der Waals surface area (Å²) in [6.45, 7) is 2.64. The van der Waals surface area contributed by atoms with Crippen molar-refractivity contribution in [3.8, 4) is 0 Å². The molecule has 0 bridgehead atoms. The molecule has 1 heterocycles. The van der Waals surface area contributed by atoms with Gasteiger partial charge in [0.25, 0.3) is 0 Å². The van der Waals surface area contributed by atoms with Gasteiger partial charge in [-0.3, -0.25) is 19.3 Å². The number of urea groups is 1. The Morgan fingerprint density at radius 1 is 1.13 bits per heavy atom. The van der Waals surface area contributed by atoms with Gasteiger partial charge in [-0.1, -0.05) is 12.1 Å². The Hall–Kier alpha value is -2.90. The van der Waals surface area contributed by atoms with Crippen molar-refractivity contribution in [3.63, 3.8) is 0 Å². The molecular formula is C15H17N3O5. The number of carbonyl (C=O) groups is 4. The molecule has 8 heteroatoms. The van der Waals surface area contributed by atoms with Crippen molar-refractivity contribution in [2.24, 2.45) is 0 Å². The first-order valence-corrected chi connectivity index (χ1v) is 7.15. The highest BCUT2D eigenvalue weighted by molar-refractivity contribution is 6.38. The van der Waals surface area contributed by atoms with Crippen LogP contribution in [0.15, 0.2) is 24.3 Å². The molecule has 0 aromatic heterocycles. The van der Waals surface area contributed by atoms with Crippen LogP contribution in [0.5, 0.6) is 0 Å². The average molecular weight is 319 g/mol. The molecule has 23 heavy (non-hydrogen) atoms. The molecule has 4 amide bonds. The largest absolute Gasteiger partial charge is 0.481 e. The fraction of sp³-hybridized carbons (Fsp3) is 0.333. The molecule has 1 aliphatic heterocycles. The maximum absolute atomic E-state index is 12.1. The van der Waals surface area contributed by atoms with Crippen LogP contribution in [0, 0.1) is 0 Å². The molecule has 0 spiro atoms.